The third-order valence-electron chi connectivity index (χ3n) is 4.99. The molecule has 4 rings (SSSR count). The number of rotatable bonds is 6. The van der Waals surface area contributed by atoms with Gasteiger partial charge in [-0.25, -0.2) is 0 Å². The number of ether oxygens (including phenoxy) is 1. The molecule has 1 saturated heterocycles. The Morgan fingerprint density at radius 1 is 1.21 bits per heavy atom. The van der Waals surface area contributed by atoms with Gasteiger partial charge in [0.15, 0.2) is 5.11 Å². The first-order valence-electron chi connectivity index (χ1n) is 9.31. The van der Waals surface area contributed by atoms with Gasteiger partial charge in [-0.05, 0) is 48.6 Å². The maximum Gasteiger partial charge on any atom is 0.307 e. The summed E-state index contributed by atoms with van der Waals surface area (Å²) >= 11 is 5.63. The molecule has 0 bridgehead atoms. The normalized spacial score (nSPS) is 18.5. The van der Waals surface area contributed by atoms with Crippen LogP contribution in [0.15, 0.2) is 67.3 Å². The largest absolute Gasteiger partial charge is 0.469 e. The zero-order valence-corrected chi connectivity index (χ0v) is 16.7. The molecular formula is C21H21N5O2S. The number of methoxy groups -OCH3 is 1. The van der Waals surface area contributed by atoms with E-state index in [9.17, 15) is 4.79 Å². The Morgan fingerprint density at radius 2 is 2.10 bits per heavy atom. The van der Waals surface area contributed by atoms with Crippen molar-refractivity contribution >= 4 is 23.3 Å². The monoisotopic (exact) mass is 407 g/mol. The van der Waals surface area contributed by atoms with Crippen LogP contribution >= 0.6 is 12.2 Å². The van der Waals surface area contributed by atoms with E-state index in [2.05, 4.69) is 25.9 Å². The van der Waals surface area contributed by atoms with Gasteiger partial charge in [-0.2, -0.15) is 0 Å². The van der Waals surface area contributed by atoms with Crippen molar-refractivity contribution in [2.75, 3.05) is 13.7 Å². The maximum atomic E-state index is 11.8. The lowest BCUT2D eigenvalue weighted by atomic mass is 10.0. The molecule has 0 saturated carbocycles. The van der Waals surface area contributed by atoms with Crippen LogP contribution in [0, 0.1) is 0 Å². The lowest BCUT2D eigenvalue weighted by Crippen LogP contribution is -2.32. The zero-order chi connectivity index (χ0) is 20.2. The molecule has 2 unspecified atom stereocenters. The van der Waals surface area contributed by atoms with Gasteiger partial charge in [-0.15, -0.1) is 0 Å². The SMILES string of the molecule is COC(=O)CCN1C(=S)NC(c2ccccn2)C1c1cccn1-c1cccnc1. The van der Waals surface area contributed by atoms with E-state index in [1.165, 1.54) is 7.11 Å². The summed E-state index contributed by atoms with van der Waals surface area (Å²) in [6, 6.07) is 13.5. The standard InChI is InChI=1S/C21H21N5O2S/c1-28-18(27)9-13-26-20(19(24-21(26)29)16-7-2-3-11-23-16)17-8-5-12-25(17)15-6-4-10-22-14-15/h2-8,10-12,14,19-20H,9,13H2,1H3,(H,24,29). The quantitative estimate of drug-likeness (QED) is 0.498. The summed E-state index contributed by atoms with van der Waals surface area (Å²) in [5.41, 5.74) is 2.88. The van der Waals surface area contributed by atoms with Gasteiger partial charge in [-0.3, -0.25) is 14.8 Å². The Morgan fingerprint density at radius 3 is 2.83 bits per heavy atom. The van der Waals surface area contributed by atoms with Crippen LogP contribution in [-0.2, 0) is 9.53 Å². The highest BCUT2D eigenvalue weighted by Crippen LogP contribution is 2.39. The summed E-state index contributed by atoms with van der Waals surface area (Å²) in [4.78, 5) is 22.6. The number of nitrogens with one attached hydrogen (secondary N) is 1. The van der Waals surface area contributed by atoms with Crippen molar-refractivity contribution in [1.29, 1.82) is 0 Å². The Hall–Kier alpha value is -3.26. The summed E-state index contributed by atoms with van der Waals surface area (Å²) < 4.78 is 6.91. The molecule has 2 atom stereocenters. The predicted molar refractivity (Wildman–Crippen MR) is 112 cm³/mol. The van der Waals surface area contributed by atoms with Gasteiger partial charge < -0.3 is 19.5 Å². The molecule has 4 heterocycles. The molecule has 0 amide bonds. The highest BCUT2D eigenvalue weighted by molar-refractivity contribution is 7.80. The first kappa shape index (κ1) is 19.1. The lowest BCUT2D eigenvalue weighted by molar-refractivity contribution is -0.140. The van der Waals surface area contributed by atoms with Gasteiger partial charge in [0.2, 0.25) is 0 Å². The van der Waals surface area contributed by atoms with Gasteiger partial charge in [0.1, 0.15) is 0 Å². The second-order valence-electron chi connectivity index (χ2n) is 6.66. The molecule has 0 spiro atoms. The summed E-state index contributed by atoms with van der Waals surface area (Å²) in [5.74, 6) is -0.268. The molecule has 3 aromatic rings. The fourth-order valence-electron chi connectivity index (χ4n) is 3.65. The Labute approximate surface area is 174 Å². The molecule has 148 valence electrons. The van der Waals surface area contributed by atoms with Gasteiger partial charge >= 0.3 is 5.97 Å². The number of pyridine rings is 2. The molecule has 0 aromatic carbocycles. The fourth-order valence-corrected chi connectivity index (χ4v) is 3.98. The maximum absolute atomic E-state index is 11.8. The predicted octanol–water partition coefficient (Wildman–Crippen LogP) is 2.80. The van der Waals surface area contributed by atoms with Crippen LogP contribution in [0.1, 0.15) is 29.9 Å². The first-order valence-corrected chi connectivity index (χ1v) is 9.72. The van der Waals surface area contributed by atoms with E-state index in [-0.39, 0.29) is 24.5 Å². The van der Waals surface area contributed by atoms with Crippen molar-refractivity contribution in [3.05, 3.63) is 78.6 Å². The van der Waals surface area contributed by atoms with Crippen LogP contribution in [0.5, 0.6) is 0 Å². The van der Waals surface area contributed by atoms with E-state index in [0.717, 1.165) is 17.1 Å². The molecule has 1 fully saturated rings. The minimum atomic E-state index is -0.268. The molecule has 3 aromatic heterocycles. The van der Waals surface area contributed by atoms with Crippen molar-refractivity contribution in [2.24, 2.45) is 0 Å². The Bertz CT molecular complexity index is 993. The number of hydrogen-bond acceptors (Lipinski definition) is 5. The molecule has 1 N–H and O–H groups in total. The van der Waals surface area contributed by atoms with Crippen LogP contribution in [0.4, 0.5) is 0 Å². The number of carbonyl (C=O) groups excluding carboxylic acids is 1. The van der Waals surface area contributed by atoms with Gasteiger partial charge in [0.25, 0.3) is 0 Å². The third-order valence-corrected chi connectivity index (χ3v) is 5.34. The van der Waals surface area contributed by atoms with Crippen molar-refractivity contribution < 1.29 is 9.53 Å². The van der Waals surface area contributed by atoms with E-state index in [0.29, 0.717) is 11.7 Å². The molecule has 0 radical (unpaired) electrons. The van der Waals surface area contributed by atoms with E-state index in [4.69, 9.17) is 17.0 Å². The van der Waals surface area contributed by atoms with E-state index in [1.807, 2.05) is 53.7 Å². The molecule has 7 nitrogen and oxygen atoms in total. The van der Waals surface area contributed by atoms with Crippen molar-refractivity contribution in [3.8, 4) is 5.69 Å². The van der Waals surface area contributed by atoms with E-state index in [1.54, 1.807) is 12.4 Å². The Balaban J connectivity index is 1.75. The number of esters is 1. The molecule has 8 heteroatoms. The number of carbonyl (C=O) groups is 1. The average Bonchev–Trinajstić information content (AvgIpc) is 3.37. The highest BCUT2D eigenvalue weighted by Gasteiger charge is 2.41. The van der Waals surface area contributed by atoms with Crippen LogP contribution in [0.3, 0.4) is 0 Å². The van der Waals surface area contributed by atoms with Crippen LogP contribution in [0.25, 0.3) is 5.69 Å². The summed E-state index contributed by atoms with van der Waals surface area (Å²) in [5, 5.41) is 3.98. The summed E-state index contributed by atoms with van der Waals surface area (Å²) in [6.45, 7) is 0.449. The minimum absolute atomic E-state index is 0.141. The average molecular weight is 407 g/mol. The minimum Gasteiger partial charge on any atom is -0.469 e. The second kappa shape index (κ2) is 8.40. The number of thiocarbonyl (C=S) groups is 1. The van der Waals surface area contributed by atoms with Crippen LogP contribution in [-0.4, -0.2) is 44.2 Å². The smallest absolute Gasteiger partial charge is 0.307 e. The summed E-state index contributed by atoms with van der Waals surface area (Å²) in [6.07, 6.45) is 7.59. The molecule has 1 aliphatic rings. The zero-order valence-electron chi connectivity index (χ0n) is 15.9. The first-order chi connectivity index (χ1) is 14.2. The molecular weight excluding hydrogens is 386 g/mol. The van der Waals surface area contributed by atoms with Crippen molar-refractivity contribution in [1.82, 2.24) is 24.8 Å². The summed E-state index contributed by atoms with van der Waals surface area (Å²) in [7, 11) is 1.39. The highest BCUT2D eigenvalue weighted by atomic mass is 32.1. The number of aromatic nitrogens is 3. The van der Waals surface area contributed by atoms with Crippen LogP contribution in [0.2, 0.25) is 0 Å². The second-order valence-corrected chi connectivity index (χ2v) is 7.05. The van der Waals surface area contributed by atoms with E-state index < -0.39 is 0 Å². The topological polar surface area (TPSA) is 72.3 Å². The number of nitrogens with zero attached hydrogens (tertiary/aromatic N) is 4. The molecule has 1 aliphatic heterocycles. The molecule has 29 heavy (non-hydrogen) atoms. The van der Waals surface area contributed by atoms with E-state index >= 15 is 0 Å². The van der Waals surface area contributed by atoms with Gasteiger partial charge in [0.05, 0.1) is 43.2 Å². The van der Waals surface area contributed by atoms with Gasteiger partial charge in [-0.1, -0.05) is 6.07 Å². The van der Waals surface area contributed by atoms with Crippen molar-refractivity contribution in [2.45, 2.75) is 18.5 Å². The Kier molecular flexibility index (Phi) is 5.53. The molecule has 0 aliphatic carbocycles. The fraction of sp³-hybridized carbons (Fsp3) is 0.238. The number of hydrogen-bond donors (Lipinski definition) is 1. The third kappa shape index (κ3) is 3.84. The van der Waals surface area contributed by atoms with Crippen molar-refractivity contribution in [3.63, 3.8) is 0 Å². The lowest BCUT2D eigenvalue weighted by Gasteiger charge is -2.28. The van der Waals surface area contributed by atoms with Crippen LogP contribution < -0.4 is 5.32 Å². The van der Waals surface area contributed by atoms with Gasteiger partial charge in [0, 0.05) is 30.8 Å².